The summed E-state index contributed by atoms with van der Waals surface area (Å²) in [5.41, 5.74) is 1.13. The number of nitrogens with zero attached hydrogens (tertiary/aromatic N) is 4. The van der Waals surface area contributed by atoms with Gasteiger partial charge < -0.3 is 20.0 Å². The molecule has 1 N–H and O–H groups in total. The average molecular weight is 480 g/mol. The van der Waals surface area contributed by atoms with E-state index < -0.39 is 10.0 Å². The van der Waals surface area contributed by atoms with Gasteiger partial charge in [-0.15, -0.1) is 0 Å². The number of nitrogens with one attached hydrogen (secondary N) is 1. The van der Waals surface area contributed by atoms with Crippen LogP contribution in [0, 0.1) is 5.92 Å². The van der Waals surface area contributed by atoms with Crippen molar-refractivity contribution in [2.45, 2.75) is 31.6 Å². The van der Waals surface area contributed by atoms with Crippen LogP contribution in [0.3, 0.4) is 0 Å². The van der Waals surface area contributed by atoms with Gasteiger partial charge in [-0.2, -0.15) is 4.31 Å². The first-order valence-corrected chi connectivity index (χ1v) is 13.7. The summed E-state index contributed by atoms with van der Waals surface area (Å²) in [4.78, 5) is 19.7. The van der Waals surface area contributed by atoms with Crippen LogP contribution in [0.25, 0.3) is 0 Å². The second-order valence-electron chi connectivity index (χ2n) is 9.71. The summed E-state index contributed by atoms with van der Waals surface area (Å²) < 4.78 is 28.5. The van der Waals surface area contributed by atoms with Crippen LogP contribution >= 0.6 is 0 Å². The van der Waals surface area contributed by atoms with E-state index in [0.29, 0.717) is 32.0 Å². The van der Waals surface area contributed by atoms with Crippen molar-refractivity contribution in [2.24, 2.45) is 5.92 Å². The van der Waals surface area contributed by atoms with Crippen molar-refractivity contribution in [3.05, 3.63) is 29.8 Å². The molecule has 1 amide bonds. The van der Waals surface area contributed by atoms with Crippen LogP contribution < -0.4 is 5.32 Å². The lowest BCUT2D eigenvalue weighted by Gasteiger charge is -2.33. The van der Waals surface area contributed by atoms with Gasteiger partial charge in [0, 0.05) is 58.9 Å². The summed E-state index contributed by atoms with van der Waals surface area (Å²) in [5.74, 6) is 0.395. The normalized spacial score (nSPS) is 18.9. The van der Waals surface area contributed by atoms with E-state index in [1.807, 2.05) is 12.1 Å². The number of carbonyl (C=O) groups excluding carboxylic acids is 1. The maximum absolute atomic E-state index is 13.5. The van der Waals surface area contributed by atoms with Gasteiger partial charge in [0.05, 0.1) is 11.4 Å². The maximum atomic E-state index is 13.5. The Morgan fingerprint density at radius 2 is 1.67 bits per heavy atom. The third kappa shape index (κ3) is 7.75. The minimum absolute atomic E-state index is 0.0984. The first-order chi connectivity index (χ1) is 15.8. The van der Waals surface area contributed by atoms with E-state index in [4.69, 9.17) is 0 Å². The zero-order valence-electron chi connectivity index (χ0n) is 20.5. The number of hydrogen-bond acceptors (Lipinski definition) is 6. The highest BCUT2D eigenvalue weighted by atomic mass is 32.2. The van der Waals surface area contributed by atoms with Crippen LogP contribution in [0.4, 0.5) is 0 Å². The lowest BCUT2D eigenvalue weighted by atomic mass is 10.0. The van der Waals surface area contributed by atoms with Gasteiger partial charge in [-0.1, -0.05) is 26.0 Å². The summed E-state index contributed by atoms with van der Waals surface area (Å²) in [6.45, 7) is 12.2. The molecule has 0 aliphatic carbocycles. The summed E-state index contributed by atoms with van der Waals surface area (Å²) >= 11 is 0. The first-order valence-electron chi connectivity index (χ1n) is 12.2. The van der Waals surface area contributed by atoms with E-state index in [1.54, 1.807) is 17.0 Å². The third-order valence-corrected chi connectivity index (χ3v) is 8.32. The van der Waals surface area contributed by atoms with Gasteiger partial charge in [-0.25, -0.2) is 8.42 Å². The second kappa shape index (κ2) is 12.3. The van der Waals surface area contributed by atoms with Crippen LogP contribution in [0.2, 0.25) is 0 Å². The minimum atomic E-state index is -3.75. The fraction of sp³-hybridized carbons (Fsp3) is 0.708. The van der Waals surface area contributed by atoms with Crippen LogP contribution in [0.1, 0.15) is 25.8 Å². The van der Waals surface area contributed by atoms with E-state index in [-0.39, 0.29) is 17.3 Å². The highest BCUT2D eigenvalue weighted by molar-refractivity contribution is 7.89. The Morgan fingerprint density at radius 3 is 2.27 bits per heavy atom. The van der Waals surface area contributed by atoms with E-state index >= 15 is 0 Å². The SMILES string of the molecule is CC(C)Cc1ccc(S(=O)(=O)N(CCCN2CCN(C)CC2)CC(=O)N2CCNCC2)cc1. The van der Waals surface area contributed by atoms with E-state index in [9.17, 15) is 13.2 Å². The fourth-order valence-electron chi connectivity index (χ4n) is 4.41. The molecule has 0 saturated carbocycles. The predicted molar refractivity (Wildman–Crippen MR) is 132 cm³/mol. The van der Waals surface area contributed by atoms with Crippen molar-refractivity contribution in [2.75, 3.05) is 79.0 Å². The van der Waals surface area contributed by atoms with Crippen molar-refractivity contribution in [3.63, 3.8) is 0 Å². The van der Waals surface area contributed by atoms with Gasteiger partial charge in [0.1, 0.15) is 0 Å². The Bertz CT molecular complexity index is 845. The van der Waals surface area contributed by atoms with Gasteiger partial charge in [-0.05, 0) is 50.0 Å². The second-order valence-corrected chi connectivity index (χ2v) is 11.6. The average Bonchev–Trinajstić information content (AvgIpc) is 2.80. The number of likely N-dealkylation sites (N-methyl/N-ethyl adjacent to an activating group) is 1. The number of benzene rings is 1. The summed E-state index contributed by atoms with van der Waals surface area (Å²) in [6.07, 6.45) is 1.62. The molecule has 0 atom stereocenters. The molecule has 0 unspecified atom stereocenters. The molecule has 1 aromatic carbocycles. The molecule has 0 aromatic heterocycles. The molecule has 9 heteroatoms. The molecule has 2 saturated heterocycles. The fourth-order valence-corrected chi connectivity index (χ4v) is 5.84. The molecule has 186 valence electrons. The van der Waals surface area contributed by atoms with Crippen molar-refractivity contribution in [1.82, 2.24) is 24.3 Å². The number of amides is 1. The van der Waals surface area contributed by atoms with Gasteiger partial charge in [-0.3, -0.25) is 4.79 Å². The molecule has 1 aromatic rings. The molecule has 8 nitrogen and oxygen atoms in total. The van der Waals surface area contributed by atoms with Crippen LogP contribution in [-0.4, -0.2) is 112 Å². The minimum Gasteiger partial charge on any atom is -0.339 e. The molecule has 0 bridgehead atoms. The highest BCUT2D eigenvalue weighted by Crippen LogP contribution is 2.19. The first kappa shape index (κ1) is 26.1. The van der Waals surface area contributed by atoms with Crippen molar-refractivity contribution >= 4 is 15.9 Å². The Balaban J connectivity index is 1.69. The maximum Gasteiger partial charge on any atom is 0.243 e. The molecule has 2 heterocycles. The van der Waals surface area contributed by atoms with Crippen molar-refractivity contribution in [3.8, 4) is 0 Å². The topological polar surface area (TPSA) is 76.2 Å². The largest absolute Gasteiger partial charge is 0.339 e. The Labute approximate surface area is 200 Å². The Hall–Kier alpha value is -1.52. The quantitative estimate of drug-likeness (QED) is 0.539. The molecule has 2 aliphatic heterocycles. The molecule has 0 spiro atoms. The molecular weight excluding hydrogens is 438 g/mol. The molecule has 3 rings (SSSR count). The van der Waals surface area contributed by atoms with E-state index in [2.05, 4.69) is 36.0 Å². The smallest absolute Gasteiger partial charge is 0.243 e. The predicted octanol–water partition coefficient (Wildman–Crippen LogP) is 0.945. The van der Waals surface area contributed by atoms with Crippen molar-refractivity contribution < 1.29 is 13.2 Å². The van der Waals surface area contributed by atoms with Gasteiger partial charge in [0.25, 0.3) is 0 Å². The van der Waals surface area contributed by atoms with Crippen molar-refractivity contribution in [1.29, 1.82) is 0 Å². The van der Waals surface area contributed by atoms with Gasteiger partial charge >= 0.3 is 0 Å². The van der Waals surface area contributed by atoms with E-state index in [0.717, 1.165) is 57.8 Å². The number of hydrogen-bond donors (Lipinski definition) is 1. The Morgan fingerprint density at radius 1 is 1.03 bits per heavy atom. The van der Waals surface area contributed by atoms with Crippen LogP contribution in [0.15, 0.2) is 29.2 Å². The van der Waals surface area contributed by atoms with Gasteiger partial charge in [0.2, 0.25) is 15.9 Å². The lowest BCUT2D eigenvalue weighted by molar-refractivity contribution is -0.132. The molecule has 2 aliphatic rings. The summed E-state index contributed by atoms with van der Waals surface area (Å²) in [6, 6.07) is 7.17. The molecule has 33 heavy (non-hydrogen) atoms. The third-order valence-electron chi connectivity index (χ3n) is 6.46. The number of sulfonamides is 1. The van der Waals surface area contributed by atoms with Gasteiger partial charge in [0.15, 0.2) is 0 Å². The van der Waals surface area contributed by atoms with Crippen LogP contribution in [-0.2, 0) is 21.2 Å². The Kier molecular flexibility index (Phi) is 9.69. The summed E-state index contributed by atoms with van der Waals surface area (Å²) in [7, 11) is -1.62. The van der Waals surface area contributed by atoms with E-state index in [1.165, 1.54) is 4.31 Å². The number of carbonyl (C=O) groups is 1. The highest BCUT2D eigenvalue weighted by Gasteiger charge is 2.29. The number of piperazine rings is 2. The zero-order chi connectivity index (χ0) is 23.8. The molecular formula is C24H41N5O3S. The molecule has 2 fully saturated rings. The summed E-state index contributed by atoms with van der Waals surface area (Å²) in [5, 5.41) is 3.24. The standard InChI is InChI=1S/C24H41N5O3S/c1-21(2)19-22-5-7-23(8-6-22)33(31,32)29(20-24(30)28-13-9-25-10-14-28)12-4-11-27-17-15-26(3)16-18-27/h5-8,21,25H,4,9-20H2,1-3H3. The number of rotatable bonds is 10. The zero-order valence-corrected chi connectivity index (χ0v) is 21.3. The lowest BCUT2D eigenvalue weighted by Crippen LogP contribution is -2.50. The van der Waals surface area contributed by atoms with Crippen LogP contribution in [0.5, 0.6) is 0 Å². The monoisotopic (exact) mass is 479 g/mol. The molecule has 0 radical (unpaired) electrons.